The SMILES string of the molecule is Cn1c(-c2cc[c]cc2)ccc1-c1ccccc1. The fraction of sp³-hybridized carbons (Fsp3) is 0.0588. The first-order chi connectivity index (χ1) is 8.86. The van der Waals surface area contributed by atoms with Crippen LogP contribution >= 0.6 is 0 Å². The van der Waals surface area contributed by atoms with E-state index in [9.17, 15) is 0 Å². The molecular formula is C17H14N. The van der Waals surface area contributed by atoms with E-state index in [0.717, 1.165) is 0 Å². The second-order valence-corrected chi connectivity index (χ2v) is 4.32. The van der Waals surface area contributed by atoms with Crippen LogP contribution in [0, 0.1) is 6.07 Å². The number of aromatic nitrogens is 1. The number of benzene rings is 2. The number of rotatable bonds is 2. The van der Waals surface area contributed by atoms with Gasteiger partial charge in [0.25, 0.3) is 0 Å². The van der Waals surface area contributed by atoms with Gasteiger partial charge in [0.05, 0.1) is 0 Å². The molecule has 0 spiro atoms. The van der Waals surface area contributed by atoms with Gasteiger partial charge in [0, 0.05) is 18.4 Å². The quantitative estimate of drug-likeness (QED) is 0.625. The van der Waals surface area contributed by atoms with Gasteiger partial charge >= 0.3 is 0 Å². The molecular weight excluding hydrogens is 218 g/mol. The molecule has 0 saturated heterocycles. The van der Waals surface area contributed by atoms with Gasteiger partial charge in [-0.25, -0.2) is 0 Å². The van der Waals surface area contributed by atoms with Crippen molar-refractivity contribution in [3.05, 3.63) is 72.8 Å². The van der Waals surface area contributed by atoms with Crippen molar-refractivity contribution >= 4 is 0 Å². The van der Waals surface area contributed by atoms with Crippen LogP contribution in [0.1, 0.15) is 0 Å². The summed E-state index contributed by atoms with van der Waals surface area (Å²) in [6, 6.07) is 25.9. The van der Waals surface area contributed by atoms with Crippen molar-refractivity contribution in [1.29, 1.82) is 0 Å². The average Bonchev–Trinajstić information content (AvgIpc) is 2.83. The lowest BCUT2D eigenvalue weighted by Gasteiger charge is -2.08. The van der Waals surface area contributed by atoms with Crippen molar-refractivity contribution in [2.45, 2.75) is 0 Å². The molecule has 0 atom stereocenters. The number of hydrogen-bond donors (Lipinski definition) is 0. The molecule has 0 bridgehead atoms. The number of hydrogen-bond acceptors (Lipinski definition) is 0. The van der Waals surface area contributed by atoms with Crippen molar-refractivity contribution < 1.29 is 0 Å². The van der Waals surface area contributed by atoms with Crippen LogP contribution in [0.3, 0.4) is 0 Å². The maximum absolute atomic E-state index is 3.05. The monoisotopic (exact) mass is 232 g/mol. The van der Waals surface area contributed by atoms with E-state index < -0.39 is 0 Å². The summed E-state index contributed by atoms with van der Waals surface area (Å²) in [5, 5.41) is 0. The summed E-state index contributed by atoms with van der Waals surface area (Å²) < 4.78 is 2.23. The number of nitrogens with zero attached hydrogens (tertiary/aromatic N) is 1. The average molecular weight is 232 g/mol. The highest BCUT2D eigenvalue weighted by molar-refractivity contribution is 5.69. The molecule has 1 heterocycles. The molecule has 1 heteroatoms. The van der Waals surface area contributed by atoms with Crippen molar-refractivity contribution in [2.75, 3.05) is 0 Å². The minimum Gasteiger partial charge on any atom is -0.344 e. The third-order valence-electron chi connectivity index (χ3n) is 3.21. The topological polar surface area (TPSA) is 4.93 Å². The highest BCUT2D eigenvalue weighted by atomic mass is 15.0. The Hall–Kier alpha value is -2.28. The minimum absolute atomic E-state index is 1.22. The third-order valence-corrected chi connectivity index (χ3v) is 3.21. The lowest BCUT2D eigenvalue weighted by atomic mass is 10.1. The van der Waals surface area contributed by atoms with Gasteiger partial charge < -0.3 is 4.57 Å². The standard InChI is InChI=1S/C17H14N/c1-18-16(14-8-4-2-5-9-14)12-13-17(18)15-10-6-3-7-11-15/h2,4-13H,1H3. The van der Waals surface area contributed by atoms with E-state index in [-0.39, 0.29) is 0 Å². The third kappa shape index (κ3) is 1.84. The molecule has 3 rings (SSSR count). The molecule has 0 aliphatic heterocycles. The Bertz CT molecular complexity index is 579. The Balaban J connectivity index is 2.09. The maximum Gasteiger partial charge on any atom is 0.0482 e. The molecule has 3 aromatic rings. The van der Waals surface area contributed by atoms with E-state index in [4.69, 9.17) is 0 Å². The first-order valence-electron chi connectivity index (χ1n) is 6.04. The molecule has 1 nitrogen and oxygen atoms in total. The molecule has 0 aliphatic carbocycles. The zero-order valence-electron chi connectivity index (χ0n) is 10.3. The first kappa shape index (κ1) is 10.8. The summed E-state index contributed by atoms with van der Waals surface area (Å²) in [4.78, 5) is 0. The lowest BCUT2D eigenvalue weighted by molar-refractivity contribution is 0.946. The molecule has 87 valence electrons. The van der Waals surface area contributed by atoms with Gasteiger partial charge in [-0.05, 0) is 29.3 Å². The van der Waals surface area contributed by atoms with Crippen molar-refractivity contribution in [3.8, 4) is 22.5 Å². The normalized spacial score (nSPS) is 10.5. The Morgan fingerprint density at radius 2 is 1.28 bits per heavy atom. The molecule has 1 radical (unpaired) electrons. The minimum atomic E-state index is 1.22. The fourth-order valence-corrected chi connectivity index (χ4v) is 2.26. The van der Waals surface area contributed by atoms with E-state index in [1.807, 2.05) is 18.2 Å². The lowest BCUT2D eigenvalue weighted by Crippen LogP contribution is -1.94. The largest absolute Gasteiger partial charge is 0.344 e. The van der Waals surface area contributed by atoms with E-state index in [0.29, 0.717) is 0 Å². The van der Waals surface area contributed by atoms with Crippen molar-refractivity contribution in [1.82, 2.24) is 4.57 Å². The second kappa shape index (κ2) is 4.53. The Morgan fingerprint density at radius 3 is 1.89 bits per heavy atom. The van der Waals surface area contributed by atoms with E-state index >= 15 is 0 Å². The molecule has 2 aromatic carbocycles. The molecule has 0 amide bonds. The fourth-order valence-electron chi connectivity index (χ4n) is 2.26. The van der Waals surface area contributed by atoms with Gasteiger partial charge in [-0.15, -0.1) is 0 Å². The molecule has 0 saturated carbocycles. The molecule has 18 heavy (non-hydrogen) atoms. The zero-order valence-corrected chi connectivity index (χ0v) is 10.3. The summed E-state index contributed by atoms with van der Waals surface area (Å²) in [5.74, 6) is 0. The smallest absolute Gasteiger partial charge is 0.0482 e. The van der Waals surface area contributed by atoms with Gasteiger partial charge in [-0.2, -0.15) is 0 Å². The van der Waals surface area contributed by atoms with Crippen LogP contribution in [0.25, 0.3) is 22.5 Å². The summed E-state index contributed by atoms with van der Waals surface area (Å²) in [7, 11) is 2.11. The summed E-state index contributed by atoms with van der Waals surface area (Å²) in [6.07, 6.45) is 0. The Morgan fingerprint density at radius 1 is 0.722 bits per heavy atom. The van der Waals surface area contributed by atoms with Gasteiger partial charge in [0.15, 0.2) is 0 Å². The van der Waals surface area contributed by atoms with Crippen molar-refractivity contribution in [3.63, 3.8) is 0 Å². The van der Waals surface area contributed by atoms with Gasteiger partial charge in [-0.1, -0.05) is 54.6 Å². The van der Waals surface area contributed by atoms with E-state index in [1.165, 1.54) is 22.5 Å². The van der Waals surface area contributed by atoms with Gasteiger partial charge in [0.2, 0.25) is 0 Å². The summed E-state index contributed by atoms with van der Waals surface area (Å²) in [6.45, 7) is 0. The van der Waals surface area contributed by atoms with Crippen LogP contribution in [0.5, 0.6) is 0 Å². The maximum atomic E-state index is 3.05. The first-order valence-corrected chi connectivity index (χ1v) is 6.04. The van der Waals surface area contributed by atoms with E-state index in [1.54, 1.807) is 0 Å². The highest BCUT2D eigenvalue weighted by Gasteiger charge is 2.07. The highest BCUT2D eigenvalue weighted by Crippen LogP contribution is 2.27. The van der Waals surface area contributed by atoms with Crippen molar-refractivity contribution in [2.24, 2.45) is 7.05 Å². The van der Waals surface area contributed by atoms with E-state index in [2.05, 4.69) is 66.2 Å². The van der Waals surface area contributed by atoms with Crippen LogP contribution in [0.15, 0.2) is 66.7 Å². The molecule has 0 fully saturated rings. The van der Waals surface area contributed by atoms with Crippen LogP contribution in [0.2, 0.25) is 0 Å². The zero-order chi connectivity index (χ0) is 12.4. The second-order valence-electron chi connectivity index (χ2n) is 4.32. The predicted molar refractivity (Wildman–Crippen MR) is 75.1 cm³/mol. The molecule has 0 unspecified atom stereocenters. The van der Waals surface area contributed by atoms with Gasteiger partial charge in [0.1, 0.15) is 0 Å². The van der Waals surface area contributed by atoms with Crippen LogP contribution in [0.4, 0.5) is 0 Å². The van der Waals surface area contributed by atoms with Crippen LogP contribution < -0.4 is 0 Å². The molecule has 1 aromatic heterocycles. The van der Waals surface area contributed by atoms with Gasteiger partial charge in [-0.3, -0.25) is 0 Å². The van der Waals surface area contributed by atoms with Crippen LogP contribution in [-0.2, 0) is 7.05 Å². The van der Waals surface area contributed by atoms with Crippen LogP contribution in [-0.4, -0.2) is 4.57 Å². The molecule has 0 aliphatic rings. The Labute approximate surface area is 107 Å². The molecule has 0 N–H and O–H groups in total. The predicted octanol–water partition coefficient (Wildman–Crippen LogP) is 4.16. The summed E-state index contributed by atoms with van der Waals surface area (Å²) in [5.41, 5.74) is 4.92. The summed E-state index contributed by atoms with van der Waals surface area (Å²) >= 11 is 0. The Kier molecular flexibility index (Phi) is 2.73.